The summed E-state index contributed by atoms with van der Waals surface area (Å²) in [6.07, 6.45) is 18.9. The summed E-state index contributed by atoms with van der Waals surface area (Å²) in [6, 6.07) is 0. The number of hydrogen-bond donors (Lipinski definition) is 2. The molecule has 0 saturated heterocycles. The molecule has 2 aliphatic carbocycles. The topological polar surface area (TPSA) is 76.7 Å². The molecule has 2 atom stereocenters. The summed E-state index contributed by atoms with van der Waals surface area (Å²) < 4.78 is 11.0. The maximum absolute atomic E-state index is 12.2. The van der Waals surface area contributed by atoms with Crippen molar-refractivity contribution in [2.45, 2.75) is 64.2 Å². The van der Waals surface area contributed by atoms with Gasteiger partial charge >= 0.3 is 0 Å². The van der Waals surface area contributed by atoms with Crippen molar-refractivity contribution in [3.8, 4) is 0 Å². The summed E-state index contributed by atoms with van der Waals surface area (Å²) in [7, 11) is 0. The molecular weight excluding hydrogens is 380 g/mol. The predicted molar refractivity (Wildman–Crippen MR) is 119 cm³/mol. The lowest BCUT2D eigenvalue weighted by molar-refractivity contribution is -0.126. The number of hydrogen-bond acceptors (Lipinski definition) is 4. The second-order valence-corrected chi connectivity index (χ2v) is 8.16. The van der Waals surface area contributed by atoms with E-state index in [0.717, 1.165) is 64.2 Å². The molecule has 2 N–H and O–H groups in total. The van der Waals surface area contributed by atoms with Crippen LogP contribution >= 0.6 is 0 Å². The fraction of sp³-hybridized carbons (Fsp3) is 0.750. The highest BCUT2D eigenvalue weighted by atomic mass is 16.5. The van der Waals surface area contributed by atoms with Gasteiger partial charge in [-0.05, 0) is 64.2 Å². The summed E-state index contributed by atoms with van der Waals surface area (Å²) in [6.45, 7) is 3.05. The monoisotopic (exact) mass is 420 g/mol. The standard InChI is InChI=1S/C24H40N2O4/c27-23(21-11-7-3-1-4-8-12-21)25-15-17-29-19-20-30-18-16-26-24(28)22-13-9-5-2-6-10-14-22/h1-3,5,21-22H,4,6-20H2,(H,25,27)(H,26,28)/b3-1-,5-2-. The molecule has 170 valence electrons. The Morgan fingerprint density at radius 1 is 0.633 bits per heavy atom. The molecule has 6 heteroatoms. The number of carbonyl (C=O) groups is 2. The van der Waals surface area contributed by atoms with Crippen LogP contribution in [-0.2, 0) is 19.1 Å². The quantitative estimate of drug-likeness (QED) is 0.396. The molecule has 0 aromatic carbocycles. The van der Waals surface area contributed by atoms with Crippen LogP contribution in [0.1, 0.15) is 64.2 Å². The molecule has 2 rings (SSSR count). The third-order valence-electron chi connectivity index (χ3n) is 5.75. The number of allylic oxidation sites excluding steroid dienone is 4. The normalized spacial score (nSPS) is 24.5. The first-order valence-corrected chi connectivity index (χ1v) is 11.8. The summed E-state index contributed by atoms with van der Waals surface area (Å²) in [5.74, 6) is 0.571. The van der Waals surface area contributed by atoms with Gasteiger partial charge in [0.1, 0.15) is 0 Å². The Balaban J connectivity index is 1.40. The number of nitrogens with one attached hydrogen (secondary N) is 2. The molecule has 0 aliphatic heterocycles. The molecule has 0 heterocycles. The molecule has 0 bridgehead atoms. The van der Waals surface area contributed by atoms with Crippen molar-refractivity contribution in [3.05, 3.63) is 24.3 Å². The average Bonchev–Trinajstić information content (AvgIpc) is 2.68. The smallest absolute Gasteiger partial charge is 0.223 e. The molecule has 2 amide bonds. The van der Waals surface area contributed by atoms with E-state index in [-0.39, 0.29) is 23.7 Å². The SMILES string of the molecule is O=C(NCCOCCOCCNC(=O)C1CC/C=C\CCC1)C1CC/C=C\CCC1. The Hall–Kier alpha value is -1.66. The van der Waals surface area contributed by atoms with Crippen molar-refractivity contribution in [2.24, 2.45) is 11.8 Å². The van der Waals surface area contributed by atoms with Gasteiger partial charge in [-0.2, -0.15) is 0 Å². The van der Waals surface area contributed by atoms with Crippen LogP contribution in [0.3, 0.4) is 0 Å². The van der Waals surface area contributed by atoms with Crippen LogP contribution in [0, 0.1) is 11.8 Å². The van der Waals surface area contributed by atoms with Gasteiger partial charge in [-0.1, -0.05) is 24.3 Å². The van der Waals surface area contributed by atoms with Gasteiger partial charge in [-0.15, -0.1) is 0 Å². The van der Waals surface area contributed by atoms with Crippen molar-refractivity contribution < 1.29 is 19.1 Å². The Labute approximate surface area is 181 Å². The van der Waals surface area contributed by atoms with Crippen LogP contribution < -0.4 is 10.6 Å². The largest absolute Gasteiger partial charge is 0.377 e. The zero-order valence-electron chi connectivity index (χ0n) is 18.4. The minimum Gasteiger partial charge on any atom is -0.377 e. The predicted octanol–water partition coefficient (Wildman–Crippen LogP) is 3.53. The number of carbonyl (C=O) groups excluding carboxylic acids is 2. The second-order valence-electron chi connectivity index (χ2n) is 8.16. The molecule has 6 nitrogen and oxygen atoms in total. The summed E-state index contributed by atoms with van der Waals surface area (Å²) in [5.41, 5.74) is 0. The lowest BCUT2D eigenvalue weighted by Crippen LogP contribution is -2.34. The number of ether oxygens (including phenoxy) is 2. The number of rotatable bonds is 11. The summed E-state index contributed by atoms with van der Waals surface area (Å²) >= 11 is 0. The van der Waals surface area contributed by atoms with Gasteiger partial charge in [-0.3, -0.25) is 9.59 Å². The molecule has 0 fully saturated rings. The van der Waals surface area contributed by atoms with E-state index in [0.29, 0.717) is 39.5 Å². The molecule has 30 heavy (non-hydrogen) atoms. The highest BCUT2D eigenvalue weighted by molar-refractivity contribution is 5.79. The Bertz CT molecular complexity index is 499. The van der Waals surface area contributed by atoms with E-state index >= 15 is 0 Å². The molecule has 2 unspecified atom stereocenters. The molecular formula is C24H40N2O4. The van der Waals surface area contributed by atoms with Crippen LogP contribution in [0.15, 0.2) is 24.3 Å². The van der Waals surface area contributed by atoms with E-state index in [1.54, 1.807) is 0 Å². The first-order valence-electron chi connectivity index (χ1n) is 11.8. The van der Waals surface area contributed by atoms with Crippen molar-refractivity contribution >= 4 is 11.8 Å². The first kappa shape index (κ1) is 24.6. The summed E-state index contributed by atoms with van der Waals surface area (Å²) in [5, 5.41) is 5.97. The minimum atomic E-state index is 0.132. The maximum Gasteiger partial charge on any atom is 0.223 e. The van der Waals surface area contributed by atoms with Crippen LogP contribution in [0.25, 0.3) is 0 Å². The fourth-order valence-electron chi connectivity index (χ4n) is 3.95. The molecule has 2 aliphatic rings. The Morgan fingerprint density at radius 3 is 1.53 bits per heavy atom. The zero-order chi connectivity index (χ0) is 21.3. The molecule has 0 saturated carbocycles. The third-order valence-corrected chi connectivity index (χ3v) is 5.75. The average molecular weight is 421 g/mol. The van der Waals surface area contributed by atoms with Crippen LogP contribution in [0.4, 0.5) is 0 Å². The van der Waals surface area contributed by atoms with Crippen LogP contribution in [-0.4, -0.2) is 51.3 Å². The molecule has 0 aromatic rings. The Morgan fingerprint density at radius 2 is 1.07 bits per heavy atom. The Kier molecular flexibility index (Phi) is 13.2. The highest BCUT2D eigenvalue weighted by Crippen LogP contribution is 2.19. The van der Waals surface area contributed by atoms with Crippen molar-refractivity contribution in [3.63, 3.8) is 0 Å². The van der Waals surface area contributed by atoms with Gasteiger partial charge < -0.3 is 20.1 Å². The van der Waals surface area contributed by atoms with E-state index in [9.17, 15) is 9.59 Å². The molecule has 0 aromatic heterocycles. The van der Waals surface area contributed by atoms with E-state index < -0.39 is 0 Å². The highest BCUT2D eigenvalue weighted by Gasteiger charge is 2.18. The fourth-order valence-corrected chi connectivity index (χ4v) is 3.95. The zero-order valence-corrected chi connectivity index (χ0v) is 18.4. The first-order chi connectivity index (χ1) is 14.8. The summed E-state index contributed by atoms with van der Waals surface area (Å²) in [4.78, 5) is 24.4. The van der Waals surface area contributed by atoms with Crippen LogP contribution in [0.5, 0.6) is 0 Å². The second kappa shape index (κ2) is 16.1. The molecule has 0 spiro atoms. The van der Waals surface area contributed by atoms with Crippen molar-refractivity contribution in [1.82, 2.24) is 10.6 Å². The lowest BCUT2D eigenvalue weighted by Gasteiger charge is -2.17. The van der Waals surface area contributed by atoms with Crippen molar-refractivity contribution in [2.75, 3.05) is 39.5 Å². The van der Waals surface area contributed by atoms with Gasteiger partial charge in [0.05, 0.1) is 26.4 Å². The minimum absolute atomic E-state index is 0.132. The van der Waals surface area contributed by atoms with E-state index in [1.165, 1.54) is 0 Å². The van der Waals surface area contributed by atoms with E-state index in [2.05, 4.69) is 34.9 Å². The van der Waals surface area contributed by atoms with Gasteiger partial charge in [0, 0.05) is 24.9 Å². The van der Waals surface area contributed by atoms with Crippen LogP contribution in [0.2, 0.25) is 0 Å². The van der Waals surface area contributed by atoms with Crippen molar-refractivity contribution in [1.29, 1.82) is 0 Å². The van der Waals surface area contributed by atoms with Gasteiger partial charge in [0.15, 0.2) is 0 Å². The lowest BCUT2D eigenvalue weighted by atomic mass is 9.93. The van der Waals surface area contributed by atoms with Gasteiger partial charge in [0.2, 0.25) is 11.8 Å². The maximum atomic E-state index is 12.2. The van der Waals surface area contributed by atoms with Gasteiger partial charge in [0.25, 0.3) is 0 Å². The third kappa shape index (κ3) is 10.9. The molecule has 0 radical (unpaired) electrons. The van der Waals surface area contributed by atoms with Gasteiger partial charge in [-0.25, -0.2) is 0 Å². The number of amides is 2. The van der Waals surface area contributed by atoms with E-state index in [4.69, 9.17) is 9.47 Å². The van der Waals surface area contributed by atoms with E-state index in [1.807, 2.05) is 0 Å².